The number of amides is 1. The fourth-order valence-electron chi connectivity index (χ4n) is 1.52. The second kappa shape index (κ2) is 5.38. The molecule has 0 aliphatic rings. The van der Waals surface area contributed by atoms with E-state index in [0.29, 0.717) is 0 Å². The Hall–Kier alpha value is -2.28. The summed E-state index contributed by atoms with van der Waals surface area (Å²) >= 11 is 0.728. The topological polar surface area (TPSA) is 66.4 Å². The van der Waals surface area contributed by atoms with Crippen LogP contribution in [0.25, 0.3) is 0 Å². The third-order valence-electron chi connectivity index (χ3n) is 2.56. The molecule has 20 heavy (non-hydrogen) atoms. The number of carbonyl (C=O) groups excluding carboxylic acids is 1. The number of hydrogen-bond donors (Lipinski definition) is 2. The van der Waals surface area contributed by atoms with Crippen molar-refractivity contribution in [1.82, 2.24) is 0 Å². The van der Waals surface area contributed by atoms with Gasteiger partial charge in [-0.15, -0.1) is 11.3 Å². The minimum atomic E-state index is -1.16. The molecule has 7 heteroatoms. The van der Waals surface area contributed by atoms with Gasteiger partial charge in [0.15, 0.2) is 5.82 Å². The minimum absolute atomic E-state index is 0.0275. The lowest BCUT2D eigenvalue weighted by atomic mass is 10.2. The van der Waals surface area contributed by atoms with Gasteiger partial charge in [-0.25, -0.2) is 13.6 Å². The molecule has 1 aromatic carbocycles. The van der Waals surface area contributed by atoms with Crippen LogP contribution in [-0.4, -0.2) is 17.0 Å². The van der Waals surface area contributed by atoms with Gasteiger partial charge in [0, 0.05) is 0 Å². The number of halogens is 2. The van der Waals surface area contributed by atoms with Gasteiger partial charge in [0.25, 0.3) is 5.91 Å². The molecule has 0 saturated carbocycles. The summed E-state index contributed by atoms with van der Waals surface area (Å²) in [7, 11) is 0. The first-order chi connectivity index (χ1) is 9.40. The molecule has 1 heterocycles. The molecule has 2 rings (SSSR count). The zero-order valence-corrected chi connectivity index (χ0v) is 11.1. The normalized spacial score (nSPS) is 10.3. The molecule has 0 aliphatic carbocycles. The number of carbonyl (C=O) groups is 2. The van der Waals surface area contributed by atoms with Crippen LogP contribution in [0, 0.1) is 18.6 Å². The van der Waals surface area contributed by atoms with E-state index in [1.165, 1.54) is 25.1 Å². The van der Waals surface area contributed by atoms with Crippen molar-refractivity contribution in [2.45, 2.75) is 6.92 Å². The SMILES string of the molecule is Cc1ccc(F)c(NC(=O)c2ccc(C(=O)O)s2)c1F. The summed E-state index contributed by atoms with van der Waals surface area (Å²) in [5.74, 6) is -3.67. The summed E-state index contributed by atoms with van der Waals surface area (Å²) in [5.41, 5.74) is -0.348. The standard InChI is InChI=1S/C13H9F2NO3S/c1-6-2-3-7(14)11(10(6)15)16-12(17)8-4-5-9(20-8)13(18)19/h2-5H,1H3,(H,16,17)(H,18,19). The number of benzene rings is 1. The van der Waals surface area contributed by atoms with Crippen LogP contribution in [0.5, 0.6) is 0 Å². The molecule has 4 nitrogen and oxygen atoms in total. The number of thiophene rings is 1. The maximum Gasteiger partial charge on any atom is 0.345 e. The van der Waals surface area contributed by atoms with E-state index in [4.69, 9.17) is 5.11 Å². The fourth-order valence-corrected chi connectivity index (χ4v) is 2.26. The maximum atomic E-state index is 13.7. The van der Waals surface area contributed by atoms with Crippen molar-refractivity contribution in [3.8, 4) is 0 Å². The number of nitrogens with one attached hydrogen (secondary N) is 1. The van der Waals surface area contributed by atoms with E-state index < -0.39 is 29.2 Å². The molecule has 0 atom stereocenters. The molecular weight excluding hydrogens is 288 g/mol. The van der Waals surface area contributed by atoms with E-state index in [1.807, 2.05) is 0 Å². The Kier molecular flexibility index (Phi) is 3.80. The number of aryl methyl sites for hydroxylation is 1. The lowest BCUT2D eigenvalue weighted by molar-refractivity contribution is 0.0702. The van der Waals surface area contributed by atoms with Crippen LogP contribution in [0.15, 0.2) is 24.3 Å². The quantitative estimate of drug-likeness (QED) is 0.913. The lowest BCUT2D eigenvalue weighted by Gasteiger charge is -2.08. The smallest absolute Gasteiger partial charge is 0.345 e. The summed E-state index contributed by atoms with van der Waals surface area (Å²) in [6.45, 7) is 1.44. The van der Waals surface area contributed by atoms with Crippen molar-refractivity contribution < 1.29 is 23.5 Å². The lowest BCUT2D eigenvalue weighted by Crippen LogP contribution is -2.13. The first kappa shape index (κ1) is 14.1. The van der Waals surface area contributed by atoms with Crippen molar-refractivity contribution in [3.63, 3.8) is 0 Å². The highest BCUT2D eigenvalue weighted by Gasteiger charge is 2.17. The second-order valence-corrected chi connectivity index (χ2v) is 5.06. The Balaban J connectivity index is 2.28. The molecule has 0 saturated heterocycles. The molecule has 0 unspecified atom stereocenters. The number of carboxylic acids is 1. The Labute approximate surface area is 116 Å². The maximum absolute atomic E-state index is 13.7. The number of anilines is 1. The van der Waals surface area contributed by atoms with Gasteiger partial charge in [-0.1, -0.05) is 6.07 Å². The summed E-state index contributed by atoms with van der Waals surface area (Å²) in [4.78, 5) is 22.6. The van der Waals surface area contributed by atoms with Crippen molar-refractivity contribution >= 4 is 28.9 Å². The number of rotatable bonds is 3. The van der Waals surface area contributed by atoms with E-state index in [0.717, 1.165) is 17.4 Å². The highest BCUT2D eigenvalue weighted by molar-refractivity contribution is 7.15. The van der Waals surface area contributed by atoms with Crippen molar-refractivity contribution in [3.05, 3.63) is 51.2 Å². The van der Waals surface area contributed by atoms with Crippen LogP contribution in [0.3, 0.4) is 0 Å². The molecule has 1 amide bonds. The van der Waals surface area contributed by atoms with E-state index >= 15 is 0 Å². The minimum Gasteiger partial charge on any atom is -0.477 e. The third kappa shape index (κ3) is 2.67. The van der Waals surface area contributed by atoms with Crippen molar-refractivity contribution in [1.29, 1.82) is 0 Å². The molecule has 0 fully saturated rings. The van der Waals surface area contributed by atoms with E-state index in [2.05, 4.69) is 5.32 Å². The van der Waals surface area contributed by atoms with E-state index in [1.54, 1.807) is 0 Å². The molecule has 1 aromatic heterocycles. The summed E-state index contributed by atoms with van der Waals surface area (Å²) in [6, 6.07) is 4.85. The van der Waals surface area contributed by atoms with Crippen LogP contribution in [0.4, 0.5) is 14.5 Å². The highest BCUT2D eigenvalue weighted by Crippen LogP contribution is 2.24. The predicted molar refractivity (Wildman–Crippen MR) is 70.3 cm³/mol. The summed E-state index contributed by atoms with van der Waals surface area (Å²) in [6.07, 6.45) is 0. The van der Waals surface area contributed by atoms with Gasteiger partial charge in [0.05, 0.1) is 4.88 Å². The number of hydrogen-bond acceptors (Lipinski definition) is 3. The Morgan fingerprint density at radius 1 is 1.15 bits per heavy atom. The van der Waals surface area contributed by atoms with Crippen LogP contribution >= 0.6 is 11.3 Å². The van der Waals surface area contributed by atoms with Gasteiger partial charge in [-0.3, -0.25) is 4.79 Å². The summed E-state index contributed by atoms with van der Waals surface area (Å²) in [5, 5.41) is 10.9. The van der Waals surface area contributed by atoms with Gasteiger partial charge in [0.1, 0.15) is 16.4 Å². The molecule has 2 N–H and O–H groups in total. The second-order valence-electron chi connectivity index (χ2n) is 3.98. The van der Waals surface area contributed by atoms with Crippen LogP contribution in [-0.2, 0) is 0 Å². The Morgan fingerprint density at radius 3 is 2.40 bits per heavy atom. The van der Waals surface area contributed by atoms with Gasteiger partial charge in [0.2, 0.25) is 0 Å². The van der Waals surface area contributed by atoms with E-state index in [9.17, 15) is 18.4 Å². The predicted octanol–water partition coefficient (Wildman–Crippen LogP) is 3.29. The molecule has 0 bridgehead atoms. The Morgan fingerprint density at radius 2 is 1.80 bits per heavy atom. The fraction of sp³-hybridized carbons (Fsp3) is 0.0769. The van der Waals surface area contributed by atoms with Crippen molar-refractivity contribution in [2.24, 2.45) is 0 Å². The monoisotopic (exact) mass is 297 g/mol. The zero-order chi connectivity index (χ0) is 14.9. The molecule has 0 spiro atoms. The average molecular weight is 297 g/mol. The van der Waals surface area contributed by atoms with Crippen molar-refractivity contribution in [2.75, 3.05) is 5.32 Å². The van der Waals surface area contributed by atoms with Gasteiger partial charge < -0.3 is 10.4 Å². The molecule has 0 aliphatic heterocycles. The number of aromatic carboxylic acids is 1. The molecule has 2 aromatic rings. The average Bonchev–Trinajstić information content (AvgIpc) is 2.89. The molecular formula is C13H9F2NO3S. The third-order valence-corrected chi connectivity index (χ3v) is 3.64. The highest BCUT2D eigenvalue weighted by atomic mass is 32.1. The first-order valence-corrected chi connectivity index (χ1v) is 6.31. The zero-order valence-electron chi connectivity index (χ0n) is 10.2. The van der Waals surface area contributed by atoms with Crippen LogP contribution in [0.2, 0.25) is 0 Å². The van der Waals surface area contributed by atoms with E-state index in [-0.39, 0.29) is 15.3 Å². The Bertz CT molecular complexity index is 697. The molecule has 0 radical (unpaired) electrons. The van der Waals surface area contributed by atoms with Crippen LogP contribution < -0.4 is 5.32 Å². The van der Waals surface area contributed by atoms with Gasteiger partial charge in [-0.2, -0.15) is 0 Å². The van der Waals surface area contributed by atoms with Crippen LogP contribution in [0.1, 0.15) is 24.9 Å². The largest absolute Gasteiger partial charge is 0.477 e. The van der Waals surface area contributed by atoms with Gasteiger partial charge >= 0.3 is 5.97 Å². The molecule has 104 valence electrons. The first-order valence-electron chi connectivity index (χ1n) is 5.49. The summed E-state index contributed by atoms with van der Waals surface area (Å²) < 4.78 is 27.2. The van der Waals surface area contributed by atoms with Gasteiger partial charge in [-0.05, 0) is 30.7 Å². The number of carboxylic acid groups (broad SMARTS) is 1.